The summed E-state index contributed by atoms with van der Waals surface area (Å²) >= 11 is 5.91. The lowest BCUT2D eigenvalue weighted by Crippen LogP contribution is -2.49. The molecule has 3 heteroatoms. The molecule has 1 aromatic heterocycles. The van der Waals surface area contributed by atoms with Gasteiger partial charge in [0.1, 0.15) is 0 Å². The van der Waals surface area contributed by atoms with Crippen molar-refractivity contribution in [3.63, 3.8) is 0 Å². The summed E-state index contributed by atoms with van der Waals surface area (Å²) in [5, 5.41) is 4.11. The van der Waals surface area contributed by atoms with Gasteiger partial charge in [0.05, 0.1) is 5.02 Å². The molecule has 0 unspecified atom stereocenters. The van der Waals surface area contributed by atoms with Crippen LogP contribution in [0.1, 0.15) is 12.0 Å². The van der Waals surface area contributed by atoms with E-state index in [1.807, 2.05) is 12.3 Å². The minimum Gasteiger partial charge on any atom is -0.310 e. The van der Waals surface area contributed by atoms with Gasteiger partial charge in [0.15, 0.2) is 0 Å². The zero-order valence-electron chi connectivity index (χ0n) is 7.70. The Hall–Kier alpha value is -0.860. The van der Waals surface area contributed by atoms with Gasteiger partial charge < -0.3 is 5.32 Å². The molecule has 1 aromatic rings. The highest BCUT2D eigenvalue weighted by atomic mass is 35.5. The molecule has 1 fully saturated rings. The fourth-order valence-corrected chi connectivity index (χ4v) is 2.36. The highest BCUT2D eigenvalue weighted by Gasteiger charge is 2.34. The zero-order valence-corrected chi connectivity index (χ0v) is 8.46. The Morgan fingerprint density at radius 1 is 1.43 bits per heavy atom. The highest BCUT2D eigenvalue weighted by molar-refractivity contribution is 6.30. The Morgan fingerprint density at radius 2 is 2.36 bits per heavy atom. The molecule has 1 saturated heterocycles. The van der Waals surface area contributed by atoms with Crippen LogP contribution < -0.4 is 5.32 Å². The predicted octanol–water partition coefficient (Wildman–Crippen LogP) is 2.11. The van der Waals surface area contributed by atoms with Crippen molar-refractivity contribution in [2.75, 3.05) is 6.54 Å². The summed E-state index contributed by atoms with van der Waals surface area (Å²) in [7, 11) is 0. The SMILES string of the molecule is Clc1cncc(C2=C[C@@H]3NC[C@@H]3C2)c1. The first-order valence-electron chi connectivity index (χ1n) is 4.88. The third kappa shape index (κ3) is 1.26. The monoisotopic (exact) mass is 206 g/mol. The molecule has 1 aliphatic heterocycles. The largest absolute Gasteiger partial charge is 0.310 e. The maximum Gasteiger partial charge on any atom is 0.0595 e. The minimum atomic E-state index is 0.601. The summed E-state index contributed by atoms with van der Waals surface area (Å²) in [5.41, 5.74) is 2.56. The second kappa shape index (κ2) is 3.07. The molecule has 2 aliphatic rings. The highest BCUT2D eigenvalue weighted by Crippen LogP contribution is 2.36. The van der Waals surface area contributed by atoms with E-state index < -0.39 is 0 Å². The van der Waals surface area contributed by atoms with Gasteiger partial charge in [-0.25, -0.2) is 0 Å². The summed E-state index contributed by atoms with van der Waals surface area (Å²) in [6.07, 6.45) is 7.04. The molecule has 14 heavy (non-hydrogen) atoms. The van der Waals surface area contributed by atoms with E-state index in [1.54, 1.807) is 6.20 Å². The van der Waals surface area contributed by atoms with Crippen molar-refractivity contribution in [3.8, 4) is 0 Å². The van der Waals surface area contributed by atoms with Crippen molar-refractivity contribution in [3.05, 3.63) is 35.1 Å². The first-order valence-corrected chi connectivity index (χ1v) is 5.26. The fourth-order valence-electron chi connectivity index (χ4n) is 2.18. The van der Waals surface area contributed by atoms with Gasteiger partial charge >= 0.3 is 0 Å². The molecule has 0 amide bonds. The normalized spacial score (nSPS) is 29.4. The van der Waals surface area contributed by atoms with Crippen LogP contribution >= 0.6 is 11.6 Å². The molecule has 1 aliphatic carbocycles. The molecule has 0 bridgehead atoms. The van der Waals surface area contributed by atoms with E-state index in [9.17, 15) is 0 Å². The van der Waals surface area contributed by atoms with Crippen molar-refractivity contribution in [1.82, 2.24) is 10.3 Å². The smallest absolute Gasteiger partial charge is 0.0595 e. The second-order valence-corrected chi connectivity index (χ2v) is 4.42. The van der Waals surface area contributed by atoms with E-state index in [1.165, 1.54) is 17.6 Å². The number of aromatic nitrogens is 1. The lowest BCUT2D eigenvalue weighted by Gasteiger charge is -2.31. The summed E-state index contributed by atoms with van der Waals surface area (Å²) in [6.45, 7) is 1.15. The van der Waals surface area contributed by atoms with Crippen LogP contribution in [0.2, 0.25) is 5.02 Å². The van der Waals surface area contributed by atoms with Gasteiger partial charge in [-0.3, -0.25) is 4.98 Å². The molecule has 72 valence electrons. The van der Waals surface area contributed by atoms with E-state index in [0.29, 0.717) is 6.04 Å². The molecule has 0 spiro atoms. The van der Waals surface area contributed by atoms with Crippen LogP contribution in [0.15, 0.2) is 24.5 Å². The molecule has 3 rings (SSSR count). The summed E-state index contributed by atoms with van der Waals surface area (Å²) in [4.78, 5) is 4.11. The maximum atomic E-state index is 5.91. The Morgan fingerprint density at radius 3 is 2.93 bits per heavy atom. The number of hydrogen-bond acceptors (Lipinski definition) is 2. The van der Waals surface area contributed by atoms with Crippen molar-refractivity contribution in [2.45, 2.75) is 12.5 Å². The number of hydrogen-bond donors (Lipinski definition) is 1. The summed E-state index contributed by atoms with van der Waals surface area (Å²) < 4.78 is 0. The minimum absolute atomic E-state index is 0.601. The van der Waals surface area contributed by atoms with E-state index in [-0.39, 0.29) is 0 Å². The Kier molecular flexibility index (Phi) is 1.85. The molecule has 0 aromatic carbocycles. The number of halogens is 1. The third-order valence-electron chi connectivity index (χ3n) is 3.06. The lowest BCUT2D eigenvalue weighted by atomic mass is 9.94. The molecule has 0 radical (unpaired) electrons. The average molecular weight is 207 g/mol. The van der Waals surface area contributed by atoms with Gasteiger partial charge in [0.25, 0.3) is 0 Å². The maximum absolute atomic E-state index is 5.91. The first kappa shape index (κ1) is 8.45. The van der Waals surface area contributed by atoms with Gasteiger partial charge in [-0.15, -0.1) is 0 Å². The zero-order chi connectivity index (χ0) is 9.54. The fraction of sp³-hybridized carbons (Fsp3) is 0.364. The molecule has 2 heterocycles. The van der Waals surface area contributed by atoms with Gasteiger partial charge in [0, 0.05) is 25.0 Å². The third-order valence-corrected chi connectivity index (χ3v) is 3.27. The number of nitrogens with one attached hydrogen (secondary N) is 1. The van der Waals surface area contributed by atoms with Gasteiger partial charge in [-0.2, -0.15) is 0 Å². The van der Waals surface area contributed by atoms with Crippen LogP contribution in [0.5, 0.6) is 0 Å². The summed E-state index contributed by atoms with van der Waals surface area (Å²) in [5.74, 6) is 0.809. The Labute approximate surface area is 88.0 Å². The Balaban J connectivity index is 1.92. The van der Waals surface area contributed by atoms with E-state index in [0.717, 1.165) is 17.5 Å². The van der Waals surface area contributed by atoms with Crippen molar-refractivity contribution in [2.24, 2.45) is 5.92 Å². The molecule has 0 saturated carbocycles. The van der Waals surface area contributed by atoms with Crippen LogP contribution in [0.3, 0.4) is 0 Å². The Bertz CT molecular complexity index is 400. The van der Waals surface area contributed by atoms with Crippen molar-refractivity contribution in [1.29, 1.82) is 0 Å². The van der Waals surface area contributed by atoms with Crippen molar-refractivity contribution < 1.29 is 0 Å². The predicted molar refractivity (Wildman–Crippen MR) is 57.1 cm³/mol. The average Bonchev–Trinajstić information content (AvgIpc) is 2.43. The number of nitrogens with zero attached hydrogens (tertiary/aromatic N) is 1. The van der Waals surface area contributed by atoms with E-state index >= 15 is 0 Å². The van der Waals surface area contributed by atoms with E-state index in [2.05, 4.69) is 16.4 Å². The lowest BCUT2D eigenvalue weighted by molar-refractivity contribution is 0.301. The molecule has 2 nitrogen and oxygen atoms in total. The molecular weight excluding hydrogens is 196 g/mol. The molecular formula is C11H11ClN2. The van der Waals surface area contributed by atoms with Gasteiger partial charge in [0.2, 0.25) is 0 Å². The van der Waals surface area contributed by atoms with Crippen LogP contribution in [-0.2, 0) is 0 Å². The van der Waals surface area contributed by atoms with Crippen molar-refractivity contribution >= 4 is 17.2 Å². The number of pyridine rings is 1. The number of rotatable bonds is 1. The quantitative estimate of drug-likeness (QED) is 0.762. The standard InChI is InChI=1S/C11H11ClN2/c12-10-2-8(4-13-6-10)7-1-9-5-14-11(9)3-7/h2-4,6,9,11,14H,1,5H2/t9-,11-/m0/s1. The topological polar surface area (TPSA) is 24.9 Å². The van der Waals surface area contributed by atoms with Crippen LogP contribution in [0, 0.1) is 5.92 Å². The first-order chi connectivity index (χ1) is 6.83. The summed E-state index contributed by atoms with van der Waals surface area (Å²) in [6, 6.07) is 2.59. The molecule has 2 atom stereocenters. The number of allylic oxidation sites excluding steroid dienone is 1. The van der Waals surface area contributed by atoms with Crippen LogP contribution in [0.4, 0.5) is 0 Å². The van der Waals surface area contributed by atoms with Crippen LogP contribution in [-0.4, -0.2) is 17.6 Å². The van der Waals surface area contributed by atoms with E-state index in [4.69, 9.17) is 11.6 Å². The van der Waals surface area contributed by atoms with Gasteiger partial charge in [-0.05, 0) is 29.5 Å². The van der Waals surface area contributed by atoms with Crippen LogP contribution in [0.25, 0.3) is 5.57 Å². The number of fused-ring (bicyclic) bond motifs is 1. The van der Waals surface area contributed by atoms with Gasteiger partial charge in [-0.1, -0.05) is 17.7 Å². The molecule has 1 N–H and O–H groups in total. The second-order valence-electron chi connectivity index (χ2n) is 3.98.